The van der Waals surface area contributed by atoms with Crippen LogP contribution in [0.25, 0.3) is 0 Å². The lowest BCUT2D eigenvalue weighted by molar-refractivity contribution is 0.0526. The van der Waals surface area contributed by atoms with E-state index < -0.39 is 0 Å². The van der Waals surface area contributed by atoms with Crippen LogP contribution in [-0.4, -0.2) is 19.7 Å². The van der Waals surface area contributed by atoms with Gasteiger partial charge < -0.3 is 9.47 Å². The van der Waals surface area contributed by atoms with Gasteiger partial charge in [-0.15, -0.1) is 0 Å². The number of ether oxygens (including phenoxy) is 2. The zero-order chi connectivity index (χ0) is 15.2. The van der Waals surface area contributed by atoms with Gasteiger partial charge in [0.1, 0.15) is 5.75 Å². The molecule has 3 nitrogen and oxygen atoms in total. The van der Waals surface area contributed by atoms with Crippen molar-refractivity contribution in [3.8, 4) is 5.75 Å². The smallest absolute Gasteiger partial charge is 0.338 e. The van der Waals surface area contributed by atoms with E-state index in [9.17, 15) is 4.79 Å². The van der Waals surface area contributed by atoms with Crippen molar-refractivity contribution in [2.24, 2.45) is 0 Å². The molecule has 0 unspecified atom stereocenters. The van der Waals surface area contributed by atoms with Gasteiger partial charge >= 0.3 is 5.97 Å². The minimum atomic E-state index is -0.337. The van der Waals surface area contributed by atoms with Crippen molar-refractivity contribution in [2.75, 3.05) is 13.7 Å². The fourth-order valence-electron chi connectivity index (χ4n) is 1.72. The highest BCUT2D eigenvalue weighted by atomic mass is 79.9. The molecule has 110 valence electrons. The minimum absolute atomic E-state index is 0.337. The number of carbonyl (C=O) groups is 1. The Balaban J connectivity index is 2.23. The number of hydrogen-bond acceptors (Lipinski definition) is 4. The monoisotopic (exact) mass is 366 g/mol. The number of rotatable bonds is 5. The van der Waals surface area contributed by atoms with Crippen molar-refractivity contribution >= 4 is 33.7 Å². The van der Waals surface area contributed by atoms with E-state index >= 15 is 0 Å². The maximum atomic E-state index is 11.7. The van der Waals surface area contributed by atoms with Gasteiger partial charge in [0.25, 0.3) is 0 Å². The molecule has 0 saturated carbocycles. The first kappa shape index (κ1) is 15.9. The average Bonchev–Trinajstić information content (AvgIpc) is 2.50. The Hall–Kier alpha value is -1.46. The second-order valence-electron chi connectivity index (χ2n) is 4.14. The van der Waals surface area contributed by atoms with E-state index in [0.29, 0.717) is 17.9 Å². The molecule has 0 saturated heterocycles. The first-order valence-corrected chi connectivity index (χ1v) is 8.03. The van der Waals surface area contributed by atoms with Crippen molar-refractivity contribution in [2.45, 2.75) is 16.7 Å². The quantitative estimate of drug-likeness (QED) is 0.712. The summed E-state index contributed by atoms with van der Waals surface area (Å²) in [4.78, 5) is 13.8. The van der Waals surface area contributed by atoms with Crippen LogP contribution in [0.15, 0.2) is 56.7 Å². The molecular weight excluding hydrogens is 352 g/mol. The summed E-state index contributed by atoms with van der Waals surface area (Å²) >= 11 is 5.00. The Bertz CT molecular complexity index is 626. The SMILES string of the molecule is CCOC(=O)c1ccc(Sc2ccc(Br)cc2)c(OC)c1. The molecule has 0 atom stereocenters. The lowest BCUT2D eigenvalue weighted by atomic mass is 10.2. The summed E-state index contributed by atoms with van der Waals surface area (Å²) in [7, 11) is 1.59. The van der Waals surface area contributed by atoms with Crippen molar-refractivity contribution in [3.63, 3.8) is 0 Å². The van der Waals surface area contributed by atoms with E-state index in [1.807, 2.05) is 30.3 Å². The summed E-state index contributed by atoms with van der Waals surface area (Å²) in [6.45, 7) is 2.14. The van der Waals surface area contributed by atoms with E-state index in [2.05, 4.69) is 15.9 Å². The highest BCUT2D eigenvalue weighted by molar-refractivity contribution is 9.10. The van der Waals surface area contributed by atoms with Crippen LogP contribution in [0.4, 0.5) is 0 Å². The molecule has 5 heteroatoms. The number of hydrogen-bond donors (Lipinski definition) is 0. The second kappa shape index (κ2) is 7.52. The molecule has 0 fully saturated rings. The first-order chi connectivity index (χ1) is 10.1. The summed E-state index contributed by atoms with van der Waals surface area (Å²) in [5.74, 6) is 0.324. The second-order valence-corrected chi connectivity index (χ2v) is 6.17. The van der Waals surface area contributed by atoms with E-state index in [4.69, 9.17) is 9.47 Å². The van der Waals surface area contributed by atoms with Gasteiger partial charge in [0, 0.05) is 9.37 Å². The largest absolute Gasteiger partial charge is 0.496 e. The van der Waals surface area contributed by atoms with Crippen LogP contribution in [0.1, 0.15) is 17.3 Å². The Kier molecular flexibility index (Phi) is 5.70. The molecule has 0 aromatic heterocycles. The third kappa shape index (κ3) is 4.25. The standard InChI is InChI=1S/C16H15BrO3S/c1-3-20-16(18)11-4-9-15(14(10-11)19-2)21-13-7-5-12(17)6-8-13/h4-10H,3H2,1-2H3. The van der Waals surface area contributed by atoms with E-state index in [1.165, 1.54) is 0 Å². The predicted octanol–water partition coefficient (Wildman–Crippen LogP) is 4.79. The zero-order valence-corrected chi connectivity index (χ0v) is 14.2. The van der Waals surface area contributed by atoms with Crippen molar-refractivity contribution in [3.05, 3.63) is 52.5 Å². The molecule has 0 aliphatic heterocycles. The summed E-state index contributed by atoms with van der Waals surface area (Å²) in [6.07, 6.45) is 0. The van der Waals surface area contributed by atoms with Crippen LogP contribution >= 0.6 is 27.7 Å². The van der Waals surface area contributed by atoms with Gasteiger partial charge in [-0.05, 0) is 49.4 Å². The van der Waals surface area contributed by atoms with Gasteiger partial charge in [-0.25, -0.2) is 4.79 Å². The molecule has 0 spiro atoms. The van der Waals surface area contributed by atoms with E-state index in [0.717, 1.165) is 14.3 Å². The van der Waals surface area contributed by atoms with Gasteiger partial charge in [0.2, 0.25) is 0 Å². The molecule has 2 aromatic carbocycles. The van der Waals surface area contributed by atoms with Crippen molar-refractivity contribution < 1.29 is 14.3 Å². The topological polar surface area (TPSA) is 35.5 Å². The molecule has 0 radical (unpaired) electrons. The molecule has 2 rings (SSSR count). The van der Waals surface area contributed by atoms with Crippen LogP contribution in [0, 0.1) is 0 Å². The van der Waals surface area contributed by atoms with Crippen LogP contribution in [0.3, 0.4) is 0 Å². The van der Waals surface area contributed by atoms with Gasteiger partial charge in [-0.3, -0.25) is 0 Å². The minimum Gasteiger partial charge on any atom is -0.496 e. The fourth-order valence-corrected chi connectivity index (χ4v) is 2.89. The average molecular weight is 367 g/mol. The third-order valence-electron chi connectivity index (χ3n) is 2.72. The van der Waals surface area contributed by atoms with Crippen molar-refractivity contribution in [1.29, 1.82) is 0 Å². The van der Waals surface area contributed by atoms with E-state index in [1.54, 1.807) is 37.9 Å². The molecule has 0 amide bonds. The van der Waals surface area contributed by atoms with Crippen LogP contribution < -0.4 is 4.74 Å². The van der Waals surface area contributed by atoms with Crippen LogP contribution in [0.5, 0.6) is 5.75 Å². The highest BCUT2D eigenvalue weighted by Gasteiger charge is 2.12. The molecule has 0 aliphatic carbocycles. The van der Waals surface area contributed by atoms with Gasteiger partial charge in [0.15, 0.2) is 0 Å². The maximum Gasteiger partial charge on any atom is 0.338 e. The van der Waals surface area contributed by atoms with Crippen LogP contribution in [-0.2, 0) is 4.74 Å². The molecule has 0 heterocycles. The zero-order valence-electron chi connectivity index (χ0n) is 11.8. The summed E-state index contributed by atoms with van der Waals surface area (Å²) in [5.41, 5.74) is 0.494. The fraction of sp³-hybridized carbons (Fsp3) is 0.188. The first-order valence-electron chi connectivity index (χ1n) is 6.42. The molecule has 0 aliphatic rings. The van der Waals surface area contributed by atoms with Gasteiger partial charge in [-0.1, -0.05) is 27.7 Å². The Morgan fingerprint density at radius 3 is 2.52 bits per heavy atom. The number of carbonyl (C=O) groups excluding carboxylic acids is 1. The summed E-state index contributed by atoms with van der Waals surface area (Å²) in [6, 6.07) is 13.4. The number of methoxy groups -OCH3 is 1. The van der Waals surface area contributed by atoms with Crippen LogP contribution in [0.2, 0.25) is 0 Å². The molecule has 21 heavy (non-hydrogen) atoms. The predicted molar refractivity (Wildman–Crippen MR) is 87.2 cm³/mol. The lowest BCUT2D eigenvalue weighted by Crippen LogP contribution is -2.04. The summed E-state index contributed by atoms with van der Waals surface area (Å²) < 4.78 is 11.4. The molecule has 2 aromatic rings. The number of halogens is 1. The Morgan fingerprint density at radius 1 is 1.19 bits per heavy atom. The highest BCUT2D eigenvalue weighted by Crippen LogP contribution is 2.36. The lowest BCUT2D eigenvalue weighted by Gasteiger charge is -2.10. The van der Waals surface area contributed by atoms with E-state index in [-0.39, 0.29) is 5.97 Å². The molecule has 0 N–H and O–H groups in total. The molecular formula is C16H15BrO3S. The number of benzene rings is 2. The molecule has 0 bridgehead atoms. The normalized spacial score (nSPS) is 10.2. The summed E-state index contributed by atoms with van der Waals surface area (Å²) in [5, 5.41) is 0. The van der Waals surface area contributed by atoms with Gasteiger partial charge in [-0.2, -0.15) is 0 Å². The third-order valence-corrected chi connectivity index (χ3v) is 4.31. The Morgan fingerprint density at radius 2 is 1.90 bits per heavy atom. The van der Waals surface area contributed by atoms with Crippen molar-refractivity contribution in [1.82, 2.24) is 0 Å². The Labute approximate surface area is 136 Å². The van der Waals surface area contributed by atoms with Gasteiger partial charge in [0.05, 0.1) is 24.2 Å². The number of esters is 1. The maximum absolute atomic E-state index is 11.7.